The molecule has 0 aromatic heterocycles. The minimum absolute atomic E-state index is 0.856. The molecule has 0 nitrogen and oxygen atoms in total. The van der Waals surface area contributed by atoms with Crippen LogP contribution in [0.5, 0.6) is 0 Å². The summed E-state index contributed by atoms with van der Waals surface area (Å²) in [5, 5.41) is 0.856. The van der Waals surface area contributed by atoms with Crippen molar-refractivity contribution in [2.75, 3.05) is 5.65 Å². The standard InChI is InChI=1S/C3H6BS/c1-3-4-2-5-3/h3H,2H2,1H3. The van der Waals surface area contributed by atoms with Gasteiger partial charge in [0.05, 0.1) is 0 Å². The summed E-state index contributed by atoms with van der Waals surface area (Å²) >= 11 is 2.00. The van der Waals surface area contributed by atoms with Crippen LogP contribution in [0, 0.1) is 0 Å². The Kier molecular flexibility index (Phi) is 0.901. The molecular formula is C3H6BS. The molecule has 0 aromatic rings. The van der Waals surface area contributed by atoms with E-state index in [4.69, 9.17) is 0 Å². The molecule has 0 spiro atoms. The maximum absolute atomic E-state index is 2.31. The molecule has 0 saturated carbocycles. The SMILES string of the molecule is CC1[B]CS1. The zero-order valence-electron chi connectivity index (χ0n) is 3.27. The number of rotatable bonds is 0. The van der Waals surface area contributed by atoms with Crippen LogP contribution in [-0.4, -0.2) is 18.1 Å². The van der Waals surface area contributed by atoms with E-state index in [1.807, 2.05) is 11.8 Å². The molecule has 27 valence electrons. The van der Waals surface area contributed by atoms with E-state index in [-0.39, 0.29) is 0 Å². The van der Waals surface area contributed by atoms with Gasteiger partial charge in [0.15, 0.2) is 0 Å². The molecule has 1 aliphatic rings. The molecule has 5 heavy (non-hydrogen) atoms. The Morgan fingerprint density at radius 1 is 2.00 bits per heavy atom. The fourth-order valence-electron chi connectivity index (χ4n) is 0.289. The molecule has 1 atom stereocenters. The van der Waals surface area contributed by atoms with Crippen molar-refractivity contribution in [3.05, 3.63) is 0 Å². The summed E-state index contributed by atoms with van der Waals surface area (Å²) in [7, 11) is 2.31. The molecule has 1 fully saturated rings. The summed E-state index contributed by atoms with van der Waals surface area (Å²) in [6.45, 7) is 2.22. The van der Waals surface area contributed by atoms with E-state index in [0.29, 0.717) is 0 Å². The van der Waals surface area contributed by atoms with Gasteiger partial charge in [0, 0.05) is 0 Å². The molecule has 1 unspecified atom stereocenters. The highest BCUT2D eigenvalue weighted by Crippen LogP contribution is 2.17. The van der Waals surface area contributed by atoms with Crippen molar-refractivity contribution < 1.29 is 0 Å². The van der Waals surface area contributed by atoms with E-state index >= 15 is 0 Å². The average molecular weight is 85.0 g/mol. The Hall–Kier alpha value is 0.415. The van der Waals surface area contributed by atoms with Crippen LogP contribution in [-0.2, 0) is 0 Å². The molecule has 0 aromatic carbocycles. The highest BCUT2D eigenvalue weighted by atomic mass is 32.2. The maximum Gasteiger partial charge on any atom is 0.140 e. The van der Waals surface area contributed by atoms with Crippen molar-refractivity contribution in [1.29, 1.82) is 0 Å². The van der Waals surface area contributed by atoms with E-state index in [1.54, 1.807) is 0 Å². The Morgan fingerprint density at radius 3 is 2.40 bits per heavy atom. The largest absolute Gasteiger partial charge is 0.176 e. The van der Waals surface area contributed by atoms with Gasteiger partial charge in [-0.25, -0.2) is 0 Å². The third-order valence-electron chi connectivity index (χ3n) is 0.787. The summed E-state index contributed by atoms with van der Waals surface area (Å²) in [6.07, 6.45) is 0. The van der Waals surface area contributed by atoms with Gasteiger partial charge in [0.1, 0.15) is 7.28 Å². The Bertz CT molecular complexity index is 33.9. The molecule has 0 bridgehead atoms. The summed E-state index contributed by atoms with van der Waals surface area (Å²) < 4.78 is 0. The number of thioether (sulfide) groups is 1. The van der Waals surface area contributed by atoms with Gasteiger partial charge in [-0.05, 0) is 10.8 Å². The molecule has 1 saturated heterocycles. The van der Waals surface area contributed by atoms with Crippen LogP contribution < -0.4 is 0 Å². The van der Waals surface area contributed by atoms with Crippen molar-refractivity contribution in [3.8, 4) is 0 Å². The Morgan fingerprint density at radius 2 is 2.40 bits per heavy atom. The second kappa shape index (κ2) is 1.25. The molecule has 1 heterocycles. The summed E-state index contributed by atoms with van der Waals surface area (Å²) in [4.78, 5) is 0. The number of hydrogen-bond donors (Lipinski definition) is 0. The van der Waals surface area contributed by atoms with Crippen molar-refractivity contribution in [3.63, 3.8) is 0 Å². The van der Waals surface area contributed by atoms with Gasteiger partial charge in [0.2, 0.25) is 0 Å². The third-order valence-corrected chi connectivity index (χ3v) is 1.89. The van der Waals surface area contributed by atoms with E-state index in [2.05, 4.69) is 14.2 Å². The first-order valence-electron chi connectivity index (χ1n) is 1.84. The normalized spacial score (nSPS) is 35.0. The highest BCUT2D eigenvalue weighted by Gasteiger charge is 2.12. The van der Waals surface area contributed by atoms with Gasteiger partial charge in [-0.3, -0.25) is 0 Å². The first kappa shape index (κ1) is 3.60. The maximum atomic E-state index is 2.31. The van der Waals surface area contributed by atoms with Crippen LogP contribution >= 0.6 is 11.8 Å². The van der Waals surface area contributed by atoms with Gasteiger partial charge in [-0.15, -0.1) is 0 Å². The van der Waals surface area contributed by atoms with Crippen LogP contribution in [0.4, 0.5) is 0 Å². The Balaban J connectivity index is 2.08. The first-order chi connectivity index (χ1) is 2.39. The summed E-state index contributed by atoms with van der Waals surface area (Å²) in [5.74, 6) is 0. The smallest absolute Gasteiger partial charge is 0.140 e. The van der Waals surface area contributed by atoms with Gasteiger partial charge in [-0.1, -0.05) is 6.92 Å². The van der Waals surface area contributed by atoms with Gasteiger partial charge >= 0.3 is 0 Å². The van der Waals surface area contributed by atoms with Crippen LogP contribution in [0.1, 0.15) is 6.92 Å². The van der Waals surface area contributed by atoms with Gasteiger partial charge in [0.25, 0.3) is 0 Å². The van der Waals surface area contributed by atoms with Crippen molar-refractivity contribution in [1.82, 2.24) is 0 Å². The highest BCUT2D eigenvalue weighted by molar-refractivity contribution is 8.05. The third kappa shape index (κ3) is 0.626. The molecule has 1 radical (unpaired) electrons. The zero-order valence-corrected chi connectivity index (χ0v) is 4.09. The first-order valence-corrected chi connectivity index (χ1v) is 2.89. The lowest BCUT2D eigenvalue weighted by Crippen LogP contribution is -2.22. The van der Waals surface area contributed by atoms with Crippen LogP contribution in [0.3, 0.4) is 0 Å². The van der Waals surface area contributed by atoms with Gasteiger partial charge < -0.3 is 0 Å². The van der Waals surface area contributed by atoms with Crippen LogP contribution in [0.25, 0.3) is 0 Å². The van der Waals surface area contributed by atoms with Crippen LogP contribution in [0.15, 0.2) is 0 Å². The molecular weight excluding hydrogens is 78.9 g/mol. The number of hydrogen-bond acceptors (Lipinski definition) is 1. The molecule has 0 aliphatic carbocycles. The van der Waals surface area contributed by atoms with Gasteiger partial charge in [-0.2, -0.15) is 11.8 Å². The lowest BCUT2D eigenvalue weighted by Gasteiger charge is -2.17. The van der Waals surface area contributed by atoms with Crippen molar-refractivity contribution >= 4 is 19.0 Å². The molecule has 1 rings (SSSR count). The summed E-state index contributed by atoms with van der Waals surface area (Å²) in [6, 6.07) is 0. The minimum atomic E-state index is 0.856. The van der Waals surface area contributed by atoms with E-state index in [9.17, 15) is 0 Å². The molecule has 0 amide bonds. The fraction of sp³-hybridized carbons (Fsp3) is 1.00. The predicted molar refractivity (Wildman–Crippen MR) is 27.7 cm³/mol. The second-order valence-electron chi connectivity index (χ2n) is 1.27. The van der Waals surface area contributed by atoms with Crippen LogP contribution in [0.2, 0.25) is 0 Å². The van der Waals surface area contributed by atoms with E-state index in [1.165, 1.54) is 5.65 Å². The monoisotopic (exact) mass is 85.0 g/mol. The topological polar surface area (TPSA) is 0 Å². The predicted octanol–water partition coefficient (Wildman–Crippen LogP) is 0.741. The van der Waals surface area contributed by atoms with E-state index < -0.39 is 0 Å². The Labute approximate surface area is 37.6 Å². The summed E-state index contributed by atoms with van der Waals surface area (Å²) in [5.41, 5.74) is 1.28. The molecule has 1 aliphatic heterocycles. The van der Waals surface area contributed by atoms with Crippen molar-refractivity contribution in [2.24, 2.45) is 0 Å². The van der Waals surface area contributed by atoms with E-state index in [0.717, 1.165) is 5.15 Å². The second-order valence-corrected chi connectivity index (χ2v) is 2.68. The lowest BCUT2D eigenvalue weighted by molar-refractivity contribution is 1.34. The molecule has 0 N–H and O–H groups in total. The lowest BCUT2D eigenvalue weighted by atomic mass is 9.77. The average Bonchev–Trinajstić information content (AvgIpc) is 1.30. The van der Waals surface area contributed by atoms with Crippen molar-refractivity contribution in [2.45, 2.75) is 12.1 Å². The zero-order chi connectivity index (χ0) is 3.70. The minimum Gasteiger partial charge on any atom is -0.176 e. The molecule has 2 heteroatoms. The quantitative estimate of drug-likeness (QED) is 0.391. The fourth-order valence-corrected chi connectivity index (χ4v) is 0.866.